The van der Waals surface area contributed by atoms with Crippen molar-refractivity contribution in [2.24, 2.45) is 0 Å². The zero-order valence-electron chi connectivity index (χ0n) is 20.5. The lowest BCUT2D eigenvalue weighted by Crippen LogP contribution is -2.29. The number of fused-ring (bicyclic) bond motifs is 1. The van der Waals surface area contributed by atoms with Crippen molar-refractivity contribution in [3.8, 4) is 11.5 Å². The number of benzene rings is 3. The van der Waals surface area contributed by atoms with Gasteiger partial charge in [-0.2, -0.15) is 0 Å². The number of anilines is 1. The fourth-order valence-corrected chi connectivity index (χ4v) is 5.76. The third kappa shape index (κ3) is 4.11. The SMILES string of the molecule is COc1ccc([C@H]2/C(=C(\O)c3ccc(F)cc3)C(=O)C(=O)N2c2nc3c(C)cc(C)cc3s2)cc1OC. The molecule has 1 amide bonds. The highest BCUT2D eigenvalue weighted by atomic mass is 32.1. The van der Waals surface area contributed by atoms with Crippen molar-refractivity contribution < 1.29 is 28.6 Å². The molecule has 1 atom stereocenters. The minimum absolute atomic E-state index is 0.129. The summed E-state index contributed by atoms with van der Waals surface area (Å²) in [4.78, 5) is 32.9. The van der Waals surface area contributed by atoms with Crippen molar-refractivity contribution in [2.75, 3.05) is 19.1 Å². The Morgan fingerprint density at radius 1 is 1.00 bits per heavy atom. The molecule has 0 unspecified atom stereocenters. The smallest absolute Gasteiger partial charge is 0.301 e. The maximum Gasteiger partial charge on any atom is 0.301 e. The highest BCUT2D eigenvalue weighted by Gasteiger charge is 2.48. The molecule has 0 saturated carbocycles. The van der Waals surface area contributed by atoms with Crippen LogP contribution in [0.1, 0.15) is 28.3 Å². The van der Waals surface area contributed by atoms with Crippen LogP contribution in [-0.4, -0.2) is 36.0 Å². The Hall–Kier alpha value is -4.24. The van der Waals surface area contributed by atoms with Gasteiger partial charge in [0.1, 0.15) is 11.6 Å². The van der Waals surface area contributed by atoms with E-state index in [0.29, 0.717) is 22.2 Å². The van der Waals surface area contributed by atoms with E-state index in [4.69, 9.17) is 14.5 Å². The number of hydrogen-bond donors (Lipinski definition) is 1. The number of aromatic nitrogens is 1. The second-order valence-electron chi connectivity index (χ2n) is 8.72. The number of nitrogens with zero attached hydrogens (tertiary/aromatic N) is 2. The largest absolute Gasteiger partial charge is 0.507 e. The Bertz CT molecular complexity index is 1590. The van der Waals surface area contributed by atoms with E-state index in [1.807, 2.05) is 26.0 Å². The molecule has 5 rings (SSSR count). The molecule has 4 aromatic rings. The predicted octanol–water partition coefficient (Wildman–Crippen LogP) is 5.70. The number of methoxy groups -OCH3 is 2. The number of hydrogen-bond acceptors (Lipinski definition) is 7. The number of aliphatic hydroxyl groups is 1. The van der Waals surface area contributed by atoms with E-state index in [0.717, 1.165) is 21.3 Å². The molecular weight excluding hydrogens is 495 g/mol. The van der Waals surface area contributed by atoms with E-state index in [2.05, 4.69) is 0 Å². The van der Waals surface area contributed by atoms with E-state index in [1.54, 1.807) is 18.2 Å². The lowest BCUT2D eigenvalue weighted by atomic mass is 9.95. The number of ketones is 1. The highest BCUT2D eigenvalue weighted by Crippen LogP contribution is 2.46. The number of thiazole rings is 1. The minimum Gasteiger partial charge on any atom is -0.507 e. The van der Waals surface area contributed by atoms with Crippen LogP contribution in [0.3, 0.4) is 0 Å². The number of ether oxygens (including phenoxy) is 2. The van der Waals surface area contributed by atoms with Crippen molar-refractivity contribution in [2.45, 2.75) is 19.9 Å². The van der Waals surface area contributed by atoms with Gasteiger partial charge in [-0.15, -0.1) is 0 Å². The number of carbonyl (C=O) groups is 2. The number of Topliss-reactive ketones (excluding diaryl/α,β-unsaturated/α-hetero) is 1. The van der Waals surface area contributed by atoms with E-state index in [-0.39, 0.29) is 11.1 Å². The predicted molar refractivity (Wildman–Crippen MR) is 140 cm³/mol. The summed E-state index contributed by atoms with van der Waals surface area (Å²) in [6, 6.07) is 13.1. The van der Waals surface area contributed by atoms with Gasteiger partial charge in [-0.25, -0.2) is 9.37 Å². The molecule has 0 radical (unpaired) electrons. The monoisotopic (exact) mass is 518 g/mol. The molecule has 0 aliphatic carbocycles. The van der Waals surface area contributed by atoms with Gasteiger partial charge in [0.05, 0.1) is 36.1 Å². The maximum absolute atomic E-state index is 13.5. The van der Waals surface area contributed by atoms with E-state index < -0.39 is 29.3 Å². The van der Waals surface area contributed by atoms with Crippen molar-refractivity contribution in [1.82, 2.24) is 4.98 Å². The molecule has 2 heterocycles. The molecule has 188 valence electrons. The van der Waals surface area contributed by atoms with Crippen molar-refractivity contribution >= 4 is 44.1 Å². The quantitative estimate of drug-likeness (QED) is 0.207. The van der Waals surface area contributed by atoms with Gasteiger partial charge >= 0.3 is 5.91 Å². The summed E-state index contributed by atoms with van der Waals surface area (Å²) in [5.74, 6) is -1.73. The highest BCUT2D eigenvalue weighted by molar-refractivity contribution is 7.22. The number of carbonyl (C=O) groups excluding carboxylic acids is 2. The zero-order valence-corrected chi connectivity index (χ0v) is 21.4. The Labute approximate surface area is 216 Å². The third-order valence-corrected chi connectivity index (χ3v) is 7.31. The molecule has 37 heavy (non-hydrogen) atoms. The molecule has 1 N–H and O–H groups in total. The Balaban J connectivity index is 1.76. The fourth-order valence-electron chi connectivity index (χ4n) is 4.59. The lowest BCUT2D eigenvalue weighted by molar-refractivity contribution is -0.132. The molecule has 1 fully saturated rings. The second kappa shape index (κ2) is 9.33. The van der Waals surface area contributed by atoms with Crippen LogP contribution in [0, 0.1) is 19.7 Å². The van der Waals surface area contributed by atoms with Crippen LogP contribution < -0.4 is 14.4 Å². The van der Waals surface area contributed by atoms with Crippen molar-refractivity contribution in [3.05, 3.63) is 88.2 Å². The minimum atomic E-state index is -1.01. The summed E-state index contributed by atoms with van der Waals surface area (Å²) in [5.41, 5.74) is 3.32. The van der Waals surface area contributed by atoms with Crippen LogP contribution in [0.2, 0.25) is 0 Å². The molecule has 1 saturated heterocycles. The molecular formula is C28H23FN2O5S. The molecule has 1 aliphatic rings. The molecule has 1 aliphatic heterocycles. The van der Waals surface area contributed by atoms with Gasteiger partial charge in [-0.1, -0.05) is 23.5 Å². The summed E-state index contributed by atoms with van der Waals surface area (Å²) in [7, 11) is 2.99. The average molecular weight is 519 g/mol. The summed E-state index contributed by atoms with van der Waals surface area (Å²) < 4.78 is 25.2. The van der Waals surface area contributed by atoms with Crippen molar-refractivity contribution in [1.29, 1.82) is 0 Å². The molecule has 3 aromatic carbocycles. The topological polar surface area (TPSA) is 89.0 Å². The third-order valence-electron chi connectivity index (χ3n) is 6.31. The average Bonchev–Trinajstić information content (AvgIpc) is 3.42. The van der Waals surface area contributed by atoms with Gasteiger partial charge < -0.3 is 14.6 Å². The first-order chi connectivity index (χ1) is 17.7. The summed E-state index contributed by atoms with van der Waals surface area (Å²) >= 11 is 1.29. The van der Waals surface area contributed by atoms with Gasteiger partial charge in [0.2, 0.25) is 0 Å². The Morgan fingerprint density at radius 3 is 2.38 bits per heavy atom. The summed E-state index contributed by atoms with van der Waals surface area (Å²) in [6.45, 7) is 3.91. The molecule has 9 heteroatoms. The summed E-state index contributed by atoms with van der Waals surface area (Å²) in [6.07, 6.45) is 0. The molecule has 0 spiro atoms. The van der Waals surface area contributed by atoms with Gasteiger partial charge in [-0.3, -0.25) is 14.5 Å². The van der Waals surface area contributed by atoms with Crippen molar-refractivity contribution in [3.63, 3.8) is 0 Å². The number of amides is 1. The lowest BCUT2D eigenvalue weighted by Gasteiger charge is -2.23. The molecule has 1 aromatic heterocycles. The van der Waals surface area contributed by atoms with Gasteiger partial charge in [-0.05, 0) is 73.0 Å². The van der Waals surface area contributed by atoms with Crippen LogP contribution in [0.5, 0.6) is 11.5 Å². The van der Waals surface area contributed by atoms with Crippen LogP contribution >= 0.6 is 11.3 Å². The first kappa shape index (κ1) is 24.5. The molecule has 0 bridgehead atoms. The van der Waals surface area contributed by atoms with Crippen LogP contribution in [-0.2, 0) is 9.59 Å². The van der Waals surface area contributed by atoms with E-state index >= 15 is 0 Å². The standard InChI is InChI=1S/C28H23FN2O5S/c1-14-11-15(2)23-21(12-14)37-28(30-23)31-24(17-7-10-19(35-3)20(13-17)36-4)22(26(33)27(31)34)25(32)16-5-8-18(29)9-6-16/h5-13,24,32H,1-4H3/b25-22+/t24-/m0/s1. The fraction of sp³-hybridized carbons (Fsp3) is 0.179. The normalized spacial score (nSPS) is 17.0. The first-order valence-corrected chi connectivity index (χ1v) is 12.2. The maximum atomic E-state index is 13.5. The van der Waals surface area contributed by atoms with Gasteiger partial charge in [0.25, 0.3) is 5.78 Å². The van der Waals surface area contributed by atoms with Gasteiger partial charge in [0, 0.05) is 5.56 Å². The van der Waals surface area contributed by atoms with E-state index in [1.165, 1.54) is 54.7 Å². The Kier molecular flexibility index (Phi) is 6.16. The number of rotatable bonds is 5. The van der Waals surface area contributed by atoms with Crippen LogP contribution in [0.25, 0.3) is 16.0 Å². The number of aliphatic hydroxyl groups excluding tert-OH is 1. The van der Waals surface area contributed by atoms with E-state index in [9.17, 15) is 19.1 Å². The zero-order chi connectivity index (χ0) is 26.4. The van der Waals surface area contributed by atoms with Crippen LogP contribution in [0.4, 0.5) is 9.52 Å². The summed E-state index contributed by atoms with van der Waals surface area (Å²) in [5, 5.41) is 11.6. The Morgan fingerprint density at radius 2 is 1.70 bits per heavy atom. The number of halogens is 1. The first-order valence-electron chi connectivity index (χ1n) is 11.4. The number of aryl methyl sites for hydroxylation is 2. The van der Waals surface area contributed by atoms with Crippen LogP contribution in [0.15, 0.2) is 60.2 Å². The molecule has 7 nitrogen and oxygen atoms in total. The second-order valence-corrected chi connectivity index (χ2v) is 9.72. The van der Waals surface area contributed by atoms with Gasteiger partial charge in [0.15, 0.2) is 16.6 Å².